The van der Waals surface area contributed by atoms with E-state index >= 15 is 0 Å². The third-order valence-electron chi connectivity index (χ3n) is 2.83. The Morgan fingerprint density at radius 1 is 0.905 bits per heavy atom. The normalized spacial score (nSPS) is 10.8. The molecule has 3 rings (SSSR count). The van der Waals surface area contributed by atoms with Gasteiger partial charge in [0.1, 0.15) is 0 Å². The highest BCUT2D eigenvalue weighted by molar-refractivity contribution is 6.37. The molecule has 0 unspecified atom stereocenters. The van der Waals surface area contributed by atoms with Crippen LogP contribution in [-0.4, -0.2) is 10.2 Å². The number of hydrogen-bond donors (Lipinski definition) is 1. The van der Waals surface area contributed by atoms with E-state index in [-0.39, 0.29) is 11.6 Å². The lowest BCUT2D eigenvalue weighted by Crippen LogP contribution is -1.95. The summed E-state index contributed by atoms with van der Waals surface area (Å²) in [6.45, 7) is 0. The number of halogens is 3. The molecule has 2 aromatic carbocycles. The number of hydrogen-bond acceptors (Lipinski definition) is 4. The van der Waals surface area contributed by atoms with Crippen LogP contribution in [-0.2, 0) is 0 Å². The number of nitrogens with zero attached hydrogens (tertiary/aromatic N) is 2. The Morgan fingerprint density at radius 3 is 2.19 bits per heavy atom. The van der Waals surface area contributed by atoms with Crippen LogP contribution in [0.4, 0.5) is 5.69 Å². The zero-order chi connectivity index (χ0) is 15.0. The molecule has 0 saturated carbocycles. The Hall–Kier alpha value is -1.75. The minimum atomic E-state index is 0.267. The lowest BCUT2D eigenvalue weighted by Gasteiger charge is -2.11. The third kappa shape index (κ3) is 2.70. The van der Waals surface area contributed by atoms with Gasteiger partial charge in [-0.25, -0.2) is 0 Å². The Kier molecular flexibility index (Phi) is 3.76. The van der Waals surface area contributed by atoms with Crippen LogP contribution in [0.2, 0.25) is 15.2 Å². The van der Waals surface area contributed by atoms with E-state index < -0.39 is 0 Å². The van der Waals surface area contributed by atoms with Crippen molar-refractivity contribution in [1.29, 1.82) is 0 Å². The van der Waals surface area contributed by atoms with Crippen molar-refractivity contribution in [3.05, 3.63) is 51.6 Å². The molecule has 0 amide bonds. The SMILES string of the molecule is Nc1cc(Cl)c(Oc2nnc(Cl)c3ccccc23)c(Cl)c1. The van der Waals surface area contributed by atoms with Gasteiger partial charge in [0.15, 0.2) is 10.9 Å². The van der Waals surface area contributed by atoms with Gasteiger partial charge in [0.05, 0.1) is 10.0 Å². The van der Waals surface area contributed by atoms with Gasteiger partial charge in [0.2, 0.25) is 5.88 Å². The number of nitrogens with two attached hydrogens (primary N) is 1. The van der Waals surface area contributed by atoms with Crippen molar-refractivity contribution in [1.82, 2.24) is 10.2 Å². The molecule has 3 aromatic rings. The summed E-state index contributed by atoms with van der Waals surface area (Å²) in [5.74, 6) is 0.540. The monoisotopic (exact) mass is 339 g/mol. The Morgan fingerprint density at radius 2 is 1.52 bits per heavy atom. The highest BCUT2D eigenvalue weighted by atomic mass is 35.5. The first-order valence-electron chi connectivity index (χ1n) is 5.89. The molecule has 0 aliphatic heterocycles. The number of nitrogen functional groups attached to an aromatic ring is 1. The molecule has 0 aliphatic rings. The van der Waals surface area contributed by atoms with Gasteiger partial charge in [-0.3, -0.25) is 0 Å². The molecule has 106 valence electrons. The quantitative estimate of drug-likeness (QED) is 0.669. The molecule has 0 aliphatic carbocycles. The Balaban J connectivity index is 2.13. The summed E-state index contributed by atoms with van der Waals surface area (Å²) in [7, 11) is 0. The van der Waals surface area contributed by atoms with Crippen LogP contribution in [0.1, 0.15) is 0 Å². The molecule has 4 nitrogen and oxygen atoms in total. The molecule has 0 fully saturated rings. The summed E-state index contributed by atoms with van der Waals surface area (Å²) in [5, 5.41) is 10.1. The fraction of sp³-hybridized carbons (Fsp3) is 0. The molecular formula is C14H8Cl3N3O. The topological polar surface area (TPSA) is 61.0 Å². The minimum absolute atomic E-state index is 0.267. The van der Waals surface area contributed by atoms with E-state index in [4.69, 9.17) is 45.3 Å². The second-order valence-electron chi connectivity index (χ2n) is 4.26. The summed E-state index contributed by atoms with van der Waals surface area (Å²) in [5.41, 5.74) is 6.11. The van der Waals surface area contributed by atoms with Crippen molar-refractivity contribution < 1.29 is 4.74 Å². The fourth-order valence-electron chi connectivity index (χ4n) is 1.90. The zero-order valence-corrected chi connectivity index (χ0v) is 12.7. The smallest absolute Gasteiger partial charge is 0.247 e. The van der Waals surface area contributed by atoms with E-state index in [9.17, 15) is 0 Å². The van der Waals surface area contributed by atoms with E-state index in [0.29, 0.717) is 26.3 Å². The molecule has 1 heterocycles. The van der Waals surface area contributed by atoms with Crippen molar-refractivity contribution in [2.45, 2.75) is 0 Å². The molecule has 0 saturated heterocycles. The molecule has 21 heavy (non-hydrogen) atoms. The highest BCUT2D eigenvalue weighted by Crippen LogP contribution is 2.39. The Labute approximate surface area is 135 Å². The van der Waals surface area contributed by atoms with Gasteiger partial charge in [0.25, 0.3) is 0 Å². The van der Waals surface area contributed by atoms with Gasteiger partial charge in [-0.15, -0.1) is 10.2 Å². The van der Waals surface area contributed by atoms with E-state index in [2.05, 4.69) is 10.2 Å². The summed E-state index contributed by atoms with van der Waals surface area (Å²) in [4.78, 5) is 0. The van der Waals surface area contributed by atoms with E-state index in [1.807, 2.05) is 24.3 Å². The first-order valence-corrected chi connectivity index (χ1v) is 7.03. The molecule has 0 bridgehead atoms. The van der Waals surface area contributed by atoms with E-state index in [0.717, 1.165) is 5.39 Å². The van der Waals surface area contributed by atoms with Gasteiger partial charge in [-0.1, -0.05) is 53.0 Å². The standard InChI is InChI=1S/C14H8Cl3N3O/c15-10-5-7(18)6-11(16)12(10)21-14-9-4-2-1-3-8(9)13(17)19-20-14/h1-6H,18H2. The van der Waals surface area contributed by atoms with Gasteiger partial charge in [0, 0.05) is 16.5 Å². The molecule has 1 aromatic heterocycles. The zero-order valence-electron chi connectivity index (χ0n) is 10.5. The number of fused-ring (bicyclic) bond motifs is 1. The molecular weight excluding hydrogens is 333 g/mol. The van der Waals surface area contributed by atoms with Crippen LogP contribution in [0.15, 0.2) is 36.4 Å². The van der Waals surface area contributed by atoms with E-state index in [1.165, 1.54) is 0 Å². The molecule has 7 heteroatoms. The predicted molar refractivity (Wildman–Crippen MR) is 85.5 cm³/mol. The number of ether oxygens (including phenoxy) is 1. The first-order chi connectivity index (χ1) is 10.1. The number of aromatic nitrogens is 2. The highest BCUT2D eigenvalue weighted by Gasteiger charge is 2.14. The maximum atomic E-state index is 6.10. The molecule has 2 N–H and O–H groups in total. The number of benzene rings is 2. The largest absolute Gasteiger partial charge is 0.434 e. The lowest BCUT2D eigenvalue weighted by atomic mass is 10.2. The van der Waals surface area contributed by atoms with Gasteiger partial charge in [-0.05, 0) is 18.2 Å². The maximum absolute atomic E-state index is 6.10. The predicted octanol–water partition coefficient (Wildman–Crippen LogP) is 4.96. The molecule has 0 atom stereocenters. The number of anilines is 1. The Bertz CT molecular complexity index is 816. The van der Waals surface area contributed by atoms with Crippen molar-refractivity contribution in [3.8, 4) is 11.6 Å². The summed E-state index contributed by atoms with van der Waals surface area (Å²) in [6.07, 6.45) is 0. The third-order valence-corrected chi connectivity index (χ3v) is 3.67. The van der Waals surface area contributed by atoms with Crippen LogP contribution >= 0.6 is 34.8 Å². The second-order valence-corrected chi connectivity index (χ2v) is 5.43. The van der Waals surface area contributed by atoms with E-state index in [1.54, 1.807) is 12.1 Å². The average molecular weight is 341 g/mol. The second kappa shape index (κ2) is 5.56. The van der Waals surface area contributed by atoms with Crippen LogP contribution in [0.5, 0.6) is 11.6 Å². The van der Waals surface area contributed by atoms with Gasteiger partial charge in [-0.2, -0.15) is 0 Å². The molecule has 0 spiro atoms. The van der Waals surface area contributed by atoms with Crippen molar-refractivity contribution >= 4 is 51.3 Å². The van der Waals surface area contributed by atoms with Crippen LogP contribution in [0, 0.1) is 0 Å². The fourth-order valence-corrected chi connectivity index (χ4v) is 2.68. The van der Waals surface area contributed by atoms with Gasteiger partial charge < -0.3 is 10.5 Å². The van der Waals surface area contributed by atoms with Crippen LogP contribution in [0.3, 0.4) is 0 Å². The van der Waals surface area contributed by atoms with Gasteiger partial charge >= 0.3 is 0 Å². The number of rotatable bonds is 2. The average Bonchev–Trinajstić information content (AvgIpc) is 2.45. The van der Waals surface area contributed by atoms with Crippen LogP contribution < -0.4 is 10.5 Å². The maximum Gasteiger partial charge on any atom is 0.247 e. The summed E-state index contributed by atoms with van der Waals surface area (Å²) in [6, 6.07) is 10.4. The summed E-state index contributed by atoms with van der Waals surface area (Å²) >= 11 is 18.2. The van der Waals surface area contributed by atoms with Crippen molar-refractivity contribution in [2.24, 2.45) is 0 Å². The minimum Gasteiger partial charge on any atom is -0.434 e. The molecule has 0 radical (unpaired) electrons. The first kappa shape index (κ1) is 14.2. The lowest BCUT2D eigenvalue weighted by molar-refractivity contribution is 0.462. The van der Waals surface area contributed by atoms with Crippen LogP contribution in [0.25, 0.3) is 10.8 Å². The van der Waals surface area contributed by atoms with Crippen molar-refractivity contribution in [3.63, 3.8) is 0 Å². The summed E-state index contributed by atoms with van der Waals surface area (Å²) < 4.78 is 5.71. The van der Waals surface area contributed by atoms with Crippen molar-refractivity contribution in [2.75, 3.05) is 5.73 Å².